The number of rotatable bonds is 3. The number of hydrogen-bond donors (Lipinski definition) is 2. The minimum atomic E-state index is -1.55. The van der Waals surface area contributed by atoms with E-state index in [4.69, 9.17) is 4.74 Å². The summed E-state index contributed by atoms with van der Waals surface area (Å²) in [7, 11) is -1.55. The molecule has 4 heteroatoms. The van der Waals surface area contributed by atoms with Crippen LogP contribution < -0.4 is 4.74 Å². The van der Waals surface area contributed by atoms with E-state index in [1.54, 1.807) is 24.3 Å². The van der Waals surface area contributed by atoms with Crippen LogP contribution in [0.25, 0.3) is 0 Å². The van der Waals surface area contributed by atoms with Crippen molar-refractivity contribution in [2.75, 3.05) is 0 Å². The van der Waals surface area contributed by atoms with Gasteiger partial charge in [-0.15, -0.1) is 0 Å². The van der Waals surface area contributed by atoms with Gasteiger partial charge < -0.3 is 14.8 Å². The lowest BCUT2D eigenvalue weighted by Crippen LogP contribution is -2.50. The minimum absolute atomic E-state index is 0.441. The zero-order chi connectivity index (χ0) is 11.4. The highest BCUT2D eigenvalue weighted by Crippen LogP contribution is 2.26. The predicted molar refractivity (Wildman–Crippen MR) is 62.9 cm³/mol. The summed E-state index contributed by atoms with van der Waals surface area (Å²) in [5, 5.41) is 18.9. The van der Waals surface area contributed by atoms with Crippen molar-refractivity contribution < 1.29 is 14.8 Å². The summed E-state index contributed by atoms with van der Waals surface area (Å²) >= 11 is 0. The SMILES string of the molecule is OB(O)C1(Oc2ccccc2)C=CC=CC1. The molecule has 82 valence electrons. The van der Waals surface area contributed by atoms with Crippen LogP contribution in [-0.4, -0.2) is 22.7 Å². The predicted octanol–water partition coefficient (Wildman–Crippen LogP) is 1.33. The molecule has 0 aromatic heterocycles. The average molecular weight is 216 g/mol. The third-order valence-corrected chi connectivity index (χ3v) is 2.55. The summed E-state index contributed by atoms with van der Waals surface area (Å²) in [6.07, 6.45) is 7.57. The molecule has 0 heterocycles. The highest BCUT2D eigenvalue weighted by molar-refractivity contribution is 6.46. The number of benzene rings is 1. The van der Waals surface area contributed by atoms with Crippen LogP contribution in [-0.2, 0) is 0 Å². The van der Waals surface area contributed by atoms with Crippen molar-refractivity contribution in [1.29, 1.82) is 0 Å². The van der Waals surface area contributed by atoms with Gasteiger partial charge >= 0.3 is 7.12 Å². The van der Waals surface area contributed by atoms with Gasteiger partial charge in [0.1, 0.15) is 5.75 Å². The quantitative estimate of drug-likeness (QED) is 0.749. The Labute approximate surface area is 94.8 Å². The summed E-state index contributed by atoms with van der Waals surface area (Å²) in [5.74, 6) is 0.621. The lowest BCUT2D eigenvalue weighted by molar-refractivity contribution is 0.154. The molecule has 1 atom stereocenters. The Morgan fingerprint density at radius 2 is 1.88 bits per heavy atom. The summed E-state index contributed by atoms with van der Waals surface area (Å²) in [4.78, 5) is 0. The van der Waals surface area contributed by atoms with Gasteiger partial charge in [-0.25, -0.2) is 0 Å². The molecule has 1 aromatic carbocycles. The summed E-state index contributed by atoms with van der Waals surface area (Å²) in [6, 6.07) is 9.14. The number of para-hydroxylation sites is 1. The number of hydrogen-bond acceptors (Lipinski definition) is 3. The first-order valence-electron chi connectivity index (χ1n) is 5.17. The van der Waals surface area contributed by atoms with E-state index in [0.717, 1.165) is 0 Å². The van der Waals surface area contributed by atoms with Gasteiger partial charge in [0.05, 0.1) is 0 Å². The molecule has 2 rings (SSSR count). The lowest BCUT2D eigenvalue weighted by atomic mass is 9.64. The summed E-state index contributed by atoms with van der Waals surface area (Å²) < 4.78 is 5.67. The molecular formula is C12H13BO3. The zero-order valence-electron chi connectivity index (χ0n) is 8.78. The van der Waals surface area contributed by atoms with Gasteiger partial charge in [-0.1, -0.05) is 36.4 Å². The van der Waals surface area contributed by atoms with Gasteiger partial charge in [0.25, 0.3) is 0 Å². The molecule has 0 saturated carbocycles. The Morgan fingerprint density at radius 1 is 1.12 bits per heavy atom. The standard InChI is InChI=1S/C12H13BO3/c14-13(15)12(9-5-2-6-10-12)16-11-7-3-1-4-8-11/h1-9,14-15H,10H2. The largest absolute Gasteiger partial charge is 0.503 e. The van der Waals surface area contributed by atoms with E-state index in [2.05, 4.69) is 0 Å². The fraction of sp³-hybridized carbons (Fsp3) is 0.167. The van der Waals surface area contributed by atoms with E-state index in [1.807, 2.05) is 30.4 Å². The Balaban J connectivity index is 2.22. The minimum Gasteiger partial charge on any atom is -0.485 e. The van der Waals surface area contributed by atoms with Crippen LogP contribution >= 0.6 is 0 Å². The fourth-order valence-corrected chi connectivity index (χ4v) is 1.65. The van der Waals surface area contributed by atoms with Crippen molar-refractivity contribution in [2.24, 2.45) is 0 Å². The molecule has 0 amide bonds. The van der Waals surface area contributed by atoms with Crippen LogP contribution in [0.1, 0.15) is 6.42 Å². The topological polar surface area (TPSA) is 49.7 Å². The molecule has 1 unspecified atom stereocenters. The first kappa shape index (κ1) is 11.0. The lowest BCUT2D eigenvalue weighted by Gasteiger charge is -2.31. The zero-order valence-corrected chi connectivity index (χ0v) is 8.78. The van der Waals surface area contributed by atoms with Crippen LogP contribution in [0.3, 0.4) is 0 Å². The van der Waals surface area contributed by atoms with E-state index in [9.17, 15) is 10.0 Å². The number of allylic oxidation sites excluding steroid dienone is 2. The molecule has 0 bridgehead atoms. The highest BCUT2D eigenvalue weighted by atomic mass is 16.5. The smallest absolute Gasteiger partial charge is 0.485 e. The van der Waals surface area contributed by atoms with E-state index < -0.39 is 12.6 Å². The van der Waals surface area contributed by atoms with E-state index >= 15 is 0 Å². The van der Waals surface area contributed by atoms with E-state index in [0.29, 0.717) is 12.2 Å². The van der Waals surface area contributed by atoms with Gasteiger partial charge in [0, 0.05) is 6.42 Å². The third-order valence-electron chi connectivity index (χ3n) is 2.55. The van der Waals surface area contributed by atoms with E-state index in [-0.39, 0.29) is 0 Å². The molecule has 0 saturated heterocycles. The molecule has 0 radical (unpaired) electrons. The summed E-state index contributed by atoms with van der Waals surface area (Å²) in [6.45, 7) is 0. The Morgan fingerprint density at radius 3 is 2.44 bits per heavy atom. The molecule has 2 N–H and O–H groups in total. The molecule has 0 fully saturated rings. The van der Waals surface area contributed by atoms with Crippen LogP contribution in [0.15, 0.2) is 54.6 Å². The molecule has 1 aliphatic carbocycles. The van der Waals surface area contributed by atoms with Crippen molar-refractivity contribution in [3.63, 3.8) is 0 Å². The fourth-order valence-electron chi connectivity index (χ4n) is 1.65. The maximum atomic E-state index is 9.43. The molecule has 16 heavy (non-hydrogen) atoms. The van der Waals surface area contributed by atoms with E-state index in [1.165, 1.54) is 0 Å². The van der Waals surface area contributed by atoms with Crippen molar-refractivity contribution in [2.45, 2.75) is 11.9 Å². The first-order chi connectivity index (χ1) is 7.73. The Kier molecular flexibility index (Phi) is 3.13. The van der Waals surface area contributed by atoms with Crippen LogP contribution in [0.4, 0.5) is 0 Å². The van der Waals surface area contributed by atoms with Gasteiger partial charge in [-0.3, -0.25) is 0 Å². The third kappa shape index (κ3) is 2.18. The molecule has 1 aromatic rings. The normalized spacial score (nSPS) is 23.1. The first-order valence-corrected chi connectivity index (χ1v) is 5.17. The maximum Gasteiger partial charge on any atom is 0.503 e. The van der Waals surface area contributed by atoms with Crippen LogP contribution in [0.5, 0.6) is 5.75 Å². The van der Waals surface area contributed by atoms with Crippen molar-refractivity contribution >= 4 is 7.12 Å². The summed E-state index contributed by atoms with van der Waals surface area (Å²) in [5.41, 5.74) is -1.07. The van der Waals surface area contributed by atoms with Gasteiger partial charge in [0.2, 0.25) is 0 Å². The Hall–Kier alpha value is -1.52. The molecule has 1 aliphatic rings. The van der Waals surface area contributed by atoms with Crippen molar-refractivity contribution in [3.05, 3.63) is 54.6 Å². The van der Waals surface area contributed by atoms with Gasteiger partial charge in [0.15, 0.2) is 5.50 Å². The van der Waals surface area contributed by atoms with Gasteiger partial charge in [-0.05, 0) is 18.2 Å². The Bertz CT molecular complexity index is 400. The average Bonchev–Trinajstić information content (AvgIpc) is 2.31. The highest BCUT2D eigenvalue weighted by Gasteiger charge is 2.42. The molecule has 3 nitrogen and oxygen atoms in total. The second-order valence-corrected chi connectivity index (χ2v) is 3.74. The van der Waals surface area contributed by atoms with Crippen LogP contribution in [0.2, 0.25) is 0 Å². The maximum absolute atomic E-state index is 9.43. The van der Waals surface area contributed by atoms with Crippen molar-refractivity contribution in [3.8, 4) is 5.75 Å². The van der Waals surface area contributed by atoms with Crippen LogP contribution in [0, 0.1) is 0 Å². The monoisotopic (exact) mass is 216 g/mol. The molecular weight excluding hydrogens is 203 g/mol. The van der Waals surface area contributed by atoms with Crippen molar-refractivity contribution in [1.82, 2.24) is 0 Å². The van der Waals surface area contributed by atoms with Gasteiger partial charge in [-0.2, -0.15) is 0 Å². The molecule has 0 spiro atoms. The second kappa shape index (κ2) is 4.55. The molecule has 0 aliphatic heterocycles. The number of ether oxygens (including phenoxy) is 1. The second-order valence-electron chi connectivity index (χ2n) is 3.74.